The van der Waals surface area contributed by atoms with E-state index in [1.807, 2.05) is 51.3 Å². The molecule has 8 heteroatoms. The molecule has 1 aliphatic heterocycles. The highest BCUT2D eigenvalue weighted by Gasteiger charge is 2.27. The van der Waals surface area contributed by atoms with E-state index in [0.717, 1.165) is 16.4 Å². The summed E-state index contributed by atoms with van der Waals surface area (Å²) in [5.74, 6) is 2.04. The van der Waals surface area contributed by atoms with E-state index in [-0.39, 0.29) is 17.9 Å². The number of aryl methyl sites for hydroxylation is 1. The molecule has 2 aromatic rings. The molecule has 3 rings (SSSR count). The third kappa shape index (κ3) is 5.43. The van der Waals surface area contributed by atoms with Crippen LogP contribution in [0.1, 0.15) is 41.6 Å². The normalized spacial score (nSPS) is 16.6. The van der Waals surface area contributed by atoms with Crippen LogP contribution >= 0.6 is 11.8 Å². The molecule has 162 valence electrons. The van der Waals surface area contributed by atoms with Gasteiger partial charge in [0.15, 0.2) is 0 Å². The Bertz CT molecular complexity index is 891. The number of amides is 1. The summed E-state index contributed by atoms with van der Waals surface area (Å²) >= 11 is 1.61. The zero-order valence-electron chi connectivity index (χ0n) is 18.2. The fourth-order valence-electron chi connectivity index (χ4n) is 3.22. The monoisotopic (exact) mass is 431 g/mol. The van der Waals surface area contributed by atoms with Crippen molar-refractivity contribution in [3.8, 4) is 11.6 Å². The maximum atomic E-state index is 13.1. The molecule has 1 unspecified atom stereocenters. The van der Waals surface area contributed by atoms with Crippen LogP contribution in [0.4, 0.5) is 0 Å². The molecule has 0 saturated carbocycles. The van der Waals surface area contributed by atoms with Crippen molar-refractivity contribution >= 4 is 17.7 Å². The summed E-state index contributed by atoms with van der Waals surface area (Å²) < 4.78 is 17.1. The summed E-state index contributed by atoms with van der Waals surface area (Å²) in [5.41, 5.74) is 1.43. The molecule has 0 bridgehead atoms. The van der Waals surface area contributed by atoms with E-state index in [9.17, 15) is 4.79 Å². The standard InChI is InChI=1S/C22H29N3O4S/c1-14(2)21-23-15(3)10-20(24-21)29-13-16-12-25(8-9-28-16)22(26)18-7-6-17(30-5)11-19(18)27-4/h6-7,10-11,14,16H,8-9,12-13H2,1-5H3. The third-order valence-corrected chi connectivity index (χ3v) is 5.57. The Morgan fingerprint density at radius 2 is 2.13 bits per heavy atom. The van der Waals surface area contributed by atoms with Gasteiger partial charge in [-0.2, -0.15) is 4.98 Å². The average molecular weight is 432 g/mol. The van der Waals surface area contributed by atoms with Gasteiger partial charge in [0.05, 0.1) is 25.8 Å². The van der Waals surface area contributed by atoms with Crippen LogP contribution in [0, 0.1) is 6.92 Å². The molecule has 1 fully saturated rings. The van der Waals surface area contributed by atoms with Crippen LogP contribution in [-0.4, -0.2) is 66.5 Å². The third-order valence-electron chi connectivity index (χ3n) is 4.85. The zero-order valence-corrected chi connectivity index (χ0v) is 19.0. The van der Waals surface area contributed by atoms with E-state index in [1.54, 1.807) is 23.8 Å². The number of hydrogen-bond donors (Lipinski definition) is 0. The first-order valence-corrected chi connectivity index (χ1v) is 11.2. The number of methoxy groups -OCH3 is 1. The van der Waals surface area contributed by atoms with Gasteiger partial charge in [-0.15, -0.1) is 11.8 Å². The molecular weight excluding hydrogens is 402 g/mol. The van der Waals surface area contributed by atoms with Gasteiger partial charge in [-0.1, -0.05) is 13.8 Å². The predicted molar refractivity (Wildman–Crippen MR) is 117 cm³/mol. The smallest absolute Gasteiger partial charge is 0.257 e. The fourth-order valence-corrected chi connectivity index (χ4v) is 3.65. The SMILES string of the molecule is COc1cc(SC)ccc1C(=O)N1CCOC(COc2cc(C)nc(C(C)C)n2)C1. The molecule has 1 atom stereocenters. The second kappa shape index (κ2) is 10.1. The van der Waals surface area contributed by atoms with Crippen LogP contribution < -0.4 is 9.47 Å². The second-order valence-corrected chi connectivity index (χ2v) is 8.36. The average Bonchev–Trinajstić information content (AvgIpc) is 2.76. The van der Waals surface area contributed by atoms with Gasteiger partial charge < -0.3 is 19.1 Å². The molecule has 2 heterocycles. The molecule has 0 N–H and O–H groups in total. The second-order valence-electron chi connectivity index (χ2n) is 7.48. The molecule has 30 heavy (non-hydrogen) atoms. The lowest BCUT2D eigenvalue weighted by atomic mass is 10.1. The van der Waals surface area contributed by atoms with Crippen LogP contribution in [0.5, 0.6) is 11.6 Å². The Morgan fingerprint density at radius 3 is 2.83 bits per heavy atom. The lowest BCUT2D eigenvalue weighted by Crippen LogP contribution is -2.47. The number of rotatable bonds is 7. The Balaban J connectivity index is 1.65. The Labute approximate surface area is 182 Å². The van der Waals surface area contributed by atoms with Crippen molar-refractivity contribution in [3.63, 3.8) is 0 Å². The predicted octanol–water partition coefficient (Wildman–Crippen LogP) is 3.56. The summed E-state index contributed by atoms with van der Waals surface area (Å²) in [5, 5.41) is 0. The lowest BCUT2D eigenvalue weighted by Gasteiger charge is -2.33. The summed E-state index contributed by atoms with van der Waals surface area (Å²) in [6.45, 7) is 7.79. The first-order valence-electron chi connectivity index (χ1n) is 10.0. The molecule has 1 aromatic carbocycles. The number of thioether (sulfide) groups is 1. The molecule has 7 nitrogen and oxygen atoms in total. The van der Waals surface area contributed by atoms with Crippen molar-refractivity contribution < 1.29 is 19.0 Å². The van der Waals surface area contributed by atoms with Gasteiger partial charge in [-0.3, -0.25) is 4.79 Å². The Kier molecular flexibility index (Phi) is 7.55. The number of carbonyl (C=O) groups is 1. The van der Waals surface area contributed by atoms with E-state index < -0.39 is 0 Å². The Hall–Kier alpha value is -2.32. The minimum Gasteiger partial charge on any atom is -0.496 e. The lowest BCUT2D eigenvalue weighted by molar-refractivity contribution is -0.0408. The van der Waals surface area contributed by atoms with E-state index >= 15 is 0 Å². The molecule has 0 spiro atoms. The van der Waals surface area contributed by atoms with E-state index in [0.29, 0.717) is 43.5 Å². The van der Waals surface area contributed by atoms with E-state index in [4.69, 9.17) is 14.2 Å². The van der Waals surface area contributed by atoms with Gasteiger partial charge >= 0.3 is 0 Å². The van der Waals surface area contributed by atoms with Gasteiger partial charge in [0.1, 0.15) is 24.3 Å². The van der Waals surface area contributed by atoms with Crippen molar-refractivity contribution in [3.05, 3.63) is 41.3 Å². The van der Waals surface area contributed by atoms with Crippen molar-refractivity contribution in [1.29, 1.82) is 0 Å². The fraction of sp³-hybridized carbons (Fsp3) is 0.500. The number of hydrogen-bond acceptors (Lipinski definition) is 7. The summed E-state index contributed by atoms with van der Waals surface area (Å²) in [6, 6.07) is 7.47. The van der Waals surface area contributed by atoms with Crippen molar-refractivity contribution in [2.24, 2.45) is 0 Å². The van der Waals surface area contributed by atoms with Gasteiger partial charge in [-0.25, -0.2) is 4.98 Å². The maximum Gasteiger partial charge on any atom is 0.257 e. The zero-order chi connectivity index (χ0) is 21.7. The Morgan fingerprint density at radius 1 is 1.33 bits per heavy atom. The number of ether oxygens (including phenoxy) is 3. The number of benzene rings is 1. The molecular formula is C22H29N3O4S. The van der Waals surface area contributed by atoms with E-state index in [1.165, 1.54) is 0 Å². The highest BCUT2D eigenvalue weighted by molar-refractivity contribution is 7.98. The van der Waals surface area contributed by atoms with Crippen molar-refractivity contribution in [1.82, 2.24) is 14.9 Å². The molecule has 1 aromatic heterocycles. The topological polar surface area (TPSA) is 73.8 Å². The molecule has 0 radical (unpaired) electrons. The van der Waals surface area contributed by atoms with Crippen LogP contribution in [0.3, 0.4) is 0 Å². The number of morpholine rings is 1. The van der Waals surface area contributed by atoms with Gasteiger partial charge in [-0.05, 0) is 31.4 Å². The summed E-state index contributed by atoms with van der Waals surface area (Å²) in [4.78, 5) is 24.8. The molecule has 1 amide bonds. The maximum absolute atomic E-state index is 13.1. The number of carbonyl (C=O) groups excluding carboxylic acids is 1. The summed E-state index contributed by atoms with van der Waals surface area (Å²) in [7, 11) is 1.58. The van der Waals surface area contributed by atoms with Crippen LogP contribution in [-0.2, 0) is 4.74 Å². The highest BCUT2D eigenvalue weighted by Crippen LogP contribution is 2.27. The first-order chi connectivity index (χ1) is 14.4. The van der Waals surface area contributed by atoms with Gasteiger partial charge in [0.2, 0.25) is 5.88 Å². The van der Waals surface area contributed by atoms with Crippen LogP contribution in [0.15, 0.2) is 29.2 Å². The van der Waals surface area contributed by atoms with Crippen LogP contribution in [0.2, 0.25) is 0 Å². The van der Waals surface area contributed by atoms with Crippen molar-refractivity contribution in [2.45, 2.75) is 37.7 Å². The van der Waals surface area contributed by atoms with Gasteiger partial charge in [0, 0.05) is 29.1 Å². The number of nitrogens with zero attached hydrogens (tertiary/aromatic N) is 3. The first kappa shape index (κ1) is 22.4. The molecule has 1 saturated heterocycles. The summed E-state index contributed by atoms with van der Waals surface area (Å²) in [6.07, 6.45) is 1.77. The number of aromatic nitrogens is 2. The molecule has 1 aliphatic rings. The molecule has 0 aliphatic carbocycles. The van der Waals surface area contributed by atoms with Crippen LogP contribution in [0.25, 0.3) is 0 Å². The largest absolute Gasteiger partial charge is 0.496 e. The quantitative estimate of drug-likeness (QED) is 0.621. The minimum absolute atomic E-state index is 0.0622. The van der Waals surface area contributed by atoms with Crippen molar-refractivity contribution in [2.75, 3.05) is 39.7 Å². The van der Waals surface area contributed by atoms with E-state index in [2.05, 4.69) is 9.97 Å². The highest BCUT2D eigenvalue weighted by atomic mass is 32.2. The van der Waals surface area contributed by atoms with Gasteiger partial charge in [0.25, 0.3) is 5.91 Å². The minimum atomic E-state index is -0.225.